The molecule has 0 saturated heterocycles. The Labute approximate surface area is 37.1 Å². The Balaban J connectivity index is 2.40. The molecule has 0 aromatic heterocycles. The van der Waals surface area contributed by atoms with Crippen LogP contribution in [0.5, 0.6) is 0 Å². The molecule has 0 fully saturated rings. The molecule has 0 aromatic rings. The summed E-state index contributed by atoms with van der Waals surface area (Å²) in [6.45, 7) is 6.34. The van der Waals surface area contributed by atoms with Gasteiger partial charge in [0.25, 0.3) is 0 Å². The van der Waals surface area contributed by atoms with Crippen LogP contribution < -0.4 is 0 Å². The molecule has 5 heavy (non-hydrogen) atoms. The fourth-order valence-electron chi connectivity index (χ4n) is 0.0913. The Morgan fingerprint density at radius 1 is 2.00 bits per heavy atom. The molecule has 28 valence electrons. The van der Waals surface area contributed by atoms with Gasteiger partial charge in [0.15, 0.2) is 0 Å². The lowest BCUT2D eigenvalue weighted by Crippen LogP contribution is -1.59. The van der Waals surface area contributed by atoms with Crippen LogP contribution >= 0.6 is 11.8 Å². The van der Waals surface area contributed by atoms with Crippen molar-refractivity contribution in [2.45, 2.75) is 6.82 Å². The van der Waals surface area contributed by atoms with Crippen molar-refractivity contribution in [2.75, 3.05) is 0 Å². The van der Waals surface area contributed by atoms with Crippen molar-refractivity contribution < 1.29 is 0 Å². The Morgan fingerprint density at radius 3 is 2.60 bits per heavy atom. The SMILES string of the molecule is C=NSBC. The average Bonchev–Trinajstić information content (AvgIpc) is 1.41. The van der Waals surface area contributed by atoms with Gasteiger partial charge in [0, 0.05) is 0 Å². The standard InChI is InChI=1S/C2H6BNS/c1-3-5-4-2/h3H,2H2,1H3. The largest absolute Gasteiger partial charge is 0.245 e. The van der Waals surface area contributed by atoms with E-state index < -0.39 is 0 Å². The van der Waals surface area contributed by atoms with E-state index in [1.807, 2.05) is 6.82 Å². The maximum atomic E-state index is 3.52. The zero-order chi connectivity index (χ0) is 4.12. The zero-order valence-corrected chi connectivity index (χ0v) is 4.09. The molecule has 0 N–H and O–H groups in total. The molecule has 0 aliphatic rings. The van der Waals surface area contributed by atoms with Crippen LogP contribution in [0.4, 0.5) is 0 Å². The van der Waals surface area contributed by atoms with Gasteiger partial charge in [-0.15, -0.1) is 0 Å². The van der Waals surface area contributed by atoms with Gasteiger partial charge in [0.2, 0.25) is 6.56 Å². The van der Waals surface area contributed by atoms with Crippen molar-refractivity contribution in [1.29, 1.82) is 0 Å². The third-order valence-electron chi connectivity index (χ3n) is 0.220. The number of hydrogen-bond donors (Lipinski definition) is 0. The Hall–Kier alpha value is 0.0849. The van der Waals surface area contributed by atoms with E-state index in [0.717, 1.165) is 6.56 Å². The first-order valence-electron chi connectivity index (χ1n) is 1.49. The van der Waals surface area contributed by atoms with E-state index in [0.29, 0.717) is 0 Å². The minimum Gasteiger partial charge on any atom is -0.245 e. The van der Waals surface area contributed by atoms with E-state index in [1.165, 1.54) is 11.8 Å². The van der Waals surface area contributed by atoms with E-state index in [9.17, 15) is 0 Å². The second kappa shape index (κ2) is 4.08. The van der Waals surface area contributed by atoms with Crippen molar-refractivity contribution in [3.8, 4) is 0 Å². The average molecular weight is 87.0 g/mol. The van der Waals surface area contributed by atoms with Crippen LogP contribution in [-0.4, -0.2) is 13.3 Å². The molecule has 0 atom stereocenters. The van der Waals surface area contributed by atoms with Gasteiger partial charge in [-0.2, -0.15) is 0 Å². The molecule has 0 radical (unpaired) electrons. The van der Waals surface area contributed by atoms with Crippen LogP contribution in [0.3, 0.4) is 0 Å². The van der Waals surface area contributed by atoms with Crippen LogP contribution in [-0.2, 0) is 0 Å². The molecule has 1 nitrogen and oxygen atoms in total. The summed E-state index contributed by atoms with van der Waals surface area (Å²) in [5.41, 5.74) is 0. The molecule has 0 aromatic carbocycles. The van der Waals surface area contributed by atoms with Gasteiger partial charge in [0.05, 0.1) is 0 Å². The zero-order valence-electron chi connectivity index (χ0n) is 3.27. The quantitative estimate of drug-likeness (QED) is 0.275. The molecule has 0 heterocycles. The maximum Gasteiger partial charge on any atom is 0.219 e. The molecule has 0 unspecified atom stereocenters. The minimum absolute atomic E-state index is 1.03. The topological polar surface area (TPSA) is 12.4 Å². The van der Waals surface area contributed by atoms with Gasteiger partial charge in [-0.05, 0) is 6.72 Å². The summed E-state index contributed by atoms with van der Waals surface area (Å²) < 4.78 is 3.52. The fraction of sp³-hybridized carbons (Fsp3) is 0.500. The third kappa shape index (κ3) is 4.08. The van der Waals surface area contributed by atoms with Crippen molar-refractivity contribution in [3.05, 3.63) is 0 Å². The van der Waals surface area contributed by atoms with Crippen LogP contribution in [0.2, 0.25) is 6.82 Å². The molecule has 3 heteroatoms. The Kier molecular flexibility index (Phi) is 4.15. The highest BCUT2D eigenvalue weighted by molar-refractivity contribution is 8.21. The van der Waals surface area contributed by atoms with Crippen molar-refractivity contribution in [1.82, 2.24) is 0 Å². The fourth-order valence-corrected chi connectivity index (χ4v) is 0.274. The van der Waals surface area contributed by atoms with Gasteiger partial charge in [-0.1, -0.05) is 18.6 Å². The lowest BCUT2D eigenvalue weighted by molar-refractivity contribution is 2.06. The van der Waals surface area contributed by atoms with Crippen molar-refractivity contribution in [3.63, 3.8) is 0 Å². The lowest BCUT2D eigenvalue weighted by atomic mass is 10.2. The first kappa shape index (κ1) is 5.08. The minimum atomic E-state index is 1.03. The van der Waals surface area contributed by atoms with Gasteiger partial charge in [-0.25, -0.2) is 4.40 Å². The Bertz CT molecular complexity index is 30.8. The molecule has 0 bridgehead atoms. The predicted octanol–water partition coefficient (Wildman–Crippen LogP) is 0.735. The first-order chi connectivity index (χ1) is 2.41. The molecular weight excluding hydrogens is 80.9 g/mol. The summed E-state index contributed by atoms with van der Waals surface area (Å²) in [4.78, 5) is 0. The summed E-state index contributed by atoms with van der Waals surface area (Å²) in [6, 6.07) is 0. The van der Waals surface area contributed by atoms with Crippen molar-refractivity contribution in [2.24, 2.45) is 4.40 Å². The number of hydrogen-bond acceptors (Lipinski definition) is 2. The summed E-state index contributed by atoms with van der Waals surface area (Å²) in [7, 11) is 0. The Morgan fingerprint density at radius 2 is 2.60 bits per heavy atom. The second-order valence-electron chi connectivity index (χ2n) is 0.547. The number of nitrogens with zero attached hydrogens (tertiary/aromatic N) is 1. The van der Waals surface area contributed by atoms with Gasteiger partial charge >= 0.3 is 0 Å². The molecule has 0 rings (SSSR count). The molecule has 0 spiro atoms. The predicted molar refractivity (Wildman–Crippen MR) is 30.2 cm³/mol. The molecule has 0 amide bonds. The van der Waals surface area contributed by atoms with Gasteiger partial charge in [0.1, 0.15) is 0 Å². The second-order valence-corrected chi connectivity index (χ2v) is 1.64. The van der Waals surface area contributed by atoms with E-state index in [1.54, 1.807) is 0 Å². The van der Waals surface area contributed by atoms with Gasteiger partial charge < -0.3 is 0 Å². The van der Waals surface area contributed by atoms with Crippen LogP contribution in [0.1, 0.15) is 0 Å². The van der Waals surface area contributed by atoms with Crippen molar-refractivity contribution >= 4 is 25.1 Å². The van der Waals surface area contributed by atoms with E-state index in [-0.39, 0.29) is 0 Å². The summed E-state index contributed by atoms with van der Waals surface area (Å²) in [5.74, 6) is 0. The first-order valence-corrected chi connectivity index (χ1v) is 2.44. The van der Waals surface area contributed by atoms with E-state index in [2.05, 4.69) is 11.1 Å². The molecule has 0 aliphatic carbocycles. The summed E-state index contributed by atoms with van der Waals surface area (Å²) in [6.07, 6.45) is 0. The summed E-state index contributed by atoms with van der Waals surface area (Å²) in [5, 5.41) is 0. The van der Waals surface area contributed by atoms with E-state index >= 15 is 0 Å². The van der Waals surface area contributed by atoms with Crippen LogP contribution in [0, 0.1) is 0 Å². The third-order valence-corrected chi connectivity index (χ3v) is 0.661. The molecule has 0 saturated carbocycles. The van der Waals surface area contributed by atoms with Gasteiger partial charge in [-0.3, -0.25) is 0 Å². The highest BCUT2D eigenvalue weighted by atomic mass is 32.2. The molecular formula is C2H6BNS. The number of rotatable bonds is 2. The van der Waals surface area contributed by atoms with Crippen LogP contribution in [0.15, 0.2) is 4.40 Å². The normalized spacial score (nSPS) is 6.60. The highest BCUT2D eigenvalue weighted by Gasteiger charge is 1.67. The molecule has 0 aliphatic heterocycles. The highest BCUT2D eigenvalue weighted by Crippen LogP contribution is 1.91. The smallest absolute Gasteiger partial charge is 0.219 e. The lowest BCUT2D eigenvalue weighted by Gasteiger charge is -1.71. The van der Waals surface area contributed by atoms with Crippen LogP contribution in [0.25, 0.3) is 0 Å². The maximum absolute atomic E-state index is 3.52. The monoisotopic (exact) mass is 87.0 g/mol. The van der Waals surface area contributed by atoms with E-state index in [4.69, 9.17) is 0 Å². The summed E-state index contributed by atoms with van der Waals surface area (Å²) >= 11 is 1.48.